The third-order valence-corrected chi connectivity index (χ3v) is 4.23. The van der Waals surface area contributed by atoms with Crippen LogP contribution in [0, 0.1) is 25.2 Å². The molecule has 6 heteroatoms. The number of hydrogen-bond donors (Lipinski definition) is 1. The summed E-state index contributed by atoms with van der Waals surface area (Å²) in [6, 6.07) is 7.35. The maximum atomic E-state index is 12.3. The molecule has 1 rings (SSSR count). The van der Waals surface area contributed by atoms with E-state index in [-0.39, 0.29) is 18.4 Å². The van der Waals surface area contributed by atoms with Crippen LogP contribution < -0.4 is 5.32 Å². The summed E-state index contributed by atoms with van der Waals surface area (Å²) in [7, 11) is 3.41. The summed E-state index contributed by atoms with van der Waals surface area (Å²) >= 11 is 0. The molecule has 0 saturated heterocycles. The lowest BCUT2D eigenvalue weighted by atomic mass is 10.1. The molecule has 6 nitrogen and oxygen atoms in total. The van der Waals surface area contributed by atoms with Gasteiger partial charge in [0.25, 0.3) is 0 Å². The molecule has 130 valence electrons. The monoisotopic (exact) mass is 330 g/mol. The normalized spacial score (nSPS) is 11.7. The van der Waals surface area contributed by atoms with E-state index < -0.39 is 6.04 Å². The highest BCUT2D eigenvalue weighted by atomic mass is 16.2. The van der Waals surface area contributed by atoms with Crippen molar-refractivity contribution in [3.05, 3.63) is 29.3 Å². The van der Waals surface area contributed by atoms with E-state index in [1.807, 2.05) is 38.1 Å². The SMILES string of the molecule is Cc1cccc(NC(=O)CN(C)C(C)C(=O)N(C)CCC#N)c1C. The molecule has 1 aromatic carbocycles. The van der Waals surface area contributed by atoms with E-state index in [1.165, 1.54) is 4.90 Å². The predicted octanol–water partition coefficient (Wildman–Crippen LogP) is 1.93. The van der Waals surface area contributed by atoms with Crippen LogP contribution in [0.4, 0.5) is 5.69 Å². The van der Waals surface area contributed by atoms with Crippen LogP contribution in [-0.4, -0.2) is 54.8 Å². The lowest BCUT2D eigenvalue weighted by Gasteiger charge is -2.27. The Kier molecular flexibility index (Phi) is 7.40. The van der Waals surface area contributed by atoms with Gasteiger partial charge in [-0.1, -0.05) is 12.1 Å². The van der Waals surface area contributed by atoms with Gasteiger partial charge in [-0.15, -0.1) is 0 Å². The standard InChI is InChI=1S/C18H26N4O2/c1-13-8-6-9-16(14(13)2)20-17(23)12-22(5)15(3)18(24)21(4)11-7-10-19/h6,8-9,15H,7,11-12H2,1-5H3,(H,20,23). The van der Waals surface area contributed by atoms with Gasteiger partial charge in [0.15, 0.2) is 0 Å². The summed E-state index contributed by atoms with van der Waals surface area (Å²) in [6.07, 6.45) is 0.297. The number of carbonyl (C=O) groups excluding carboxylic acids is 2. The molecule has 0 spiro atoms. The molecule has 1 atom stereocenters. The Labute approximate surface area is 144 Å². The first-order valence-electron chi connectivity index (χ1n) is 7.96. The number of anilines is 1. The van der Waals surface area contributed by atoms with E-state index in [9.17, 15) is 9.59 Å². The minimum atomic E-state index is -0.432. The van der Waals surface area contributed by atoms with E-state index >= 15 is 0 Å². The second kappa shape index (κ2) is 9.04. The van der Waals surface area contributed by atoms with Crippen molar-refractivity contribution in [1.29, 1.82) is 5.26 Å². The molecule has 24 heavy (non-hydrogen) atoms. The van der Waals surface area contributed by atoms with Crippen LogP contribution in [0.5, 0.6) is 0 Å². The number of amides is 2. The first kappa shape index (κ1) is 19.7. The molecular weight excluding hydrogens is 304 g/mol. The Morgan fingerprint density at radius 3 is 2.58 bits per heavy atom. The smallest absolute Gasteiger partial charge is 0.239 e. The molecule has 1 aromatic rings. The summed E-state index contributed by atoms with van der Waals surface area (Å²) in [5.41, 5.74) is 2.94. The summed E-state index contributed by atoms with van der Waals surface area (Å²) < 4.78 is 0. The van der Waals surface area contributed by atoms with Crippen molar-refractivity contribution in [1.82, 2.24) is 9.80 Å². The third kappa shape index (κ3) is 5.36. The number of nitrogens with zero attached hydrogens (tertiary/aromatic N) is 3. The fourth-order valence-electron chi connectivity index (χ4n) is 2.28. The van der Waals surface area contributed by atoms with E-state index in [0.29, 0.717) is 13.0 Å². The average molecular weight is 330 g/mol. The van der Waals surface area contributed by atoms with Crippen molar-refractivity contribution >= 4 is 17.5 Å². The fraction of sp³-hybridized carbons (Fsp3) is 0.500. The fourth-order valence-corrected chi connectivity index (χ4v) is 2.28. The van der Waals surface area contributed by atoms with Crippen molar-refractivity contribution in [3.8, 4) is 6.07 Å². The number of benzene rings is 1. The van der Waals surface area contributed by atoms with Crippen molar-refractivity contribution in [2.24, 2.45) is 0 Å². The van der Waals surface area contributed by atoms with Gasteiger partial charge >= 0.3 is 0 Å². The second-order valence-electron chi connectivity index (χ2n) is 6.05. The third-order valence-electron chi connectivity index (χ3n) is 4.23. The molecule has 0 bridgehead atoms. The van der Waals surface area contributed by atoms with Crippen LogP contribution >= 0.6 is 0 Å². The molecular formula is C18H26N4O2. The largest absolute Gasteiger partial charge is 0.343 e. The minimum absolute atomic E-state index is 0.104. The molecule has 0 saturated carbocycles. The highest BCUT2D eigenvalue weighted by Crippen LogP contribution is 2.17. The van der Waals surface area contributed by atoms with Crippen LogP contribution in [-0.2, 0) is 9.59 Å². The van der Waals surface area contributed by atoms with Gasteiger partial charge in [0.05, 0.1) is 25.1 Å². The lowest BCUT2D eigenvalue weighted by molar-refractivity contribution is -0.135. The maximum absolute atomic E-state index is 12.3. The Morgan fingerprint density at radius 2 is 1.96 bits per heavy atom. The summed E-state index contributed by atoms with van der Waals surface area (Å²) in [5, 5.41) is 11.5. The zero-order valence-corrected chi connectivity index (χ0v) is 15.1. The van der Waals surface area contributed by atoms with Gasteiger partial charge in [0.1, 0.15) is 0 Å². The topological polar surface area (TPSA) is 76.4 Å². The van der Waals surface area contributed by atoms with E-state index in [1.54, 1.807) is 25.9 Å². The molecule has 1 unspecified atom stereocenters. The maximum Gasteiger partial charge on any atom is 0.239 e. The molecule has 0 heterocycles. The highest BCUT2D eigenvalue weighted by Gasteiger charge is 2.23. The van der Waals surface area contributed by atoms with Crippen molar-refractivity contribution in [3.63, 3.8) is 0 Å². The minimum Gasteiger partial charge on any atom is -0.343 e. The second-order valence-corrected chi connectivity index (χ2v) is 6.05. The number of likely N-dealkylation sites (N-methyl/N-ethyl adjacent to an activating group) is 2. The zero-order chi connectivity index (χ0) is 18.3. The van der Waals surface area contributed by atoms with Gasteiger partial charge in [-0.3, -0.25) is 14.5 Å². The van der Waals surface area contributed by atoms with Crippen molar-refractivity contribution in [2.75, 3.05) is 32.5 Å². The van der Waals surface area contributed by atoms with Gasteiger partial charge in [0.2, 0.25) is 11.8 Å². The molecule has 0 aromatic heterocycles. The van der Waals surface area contributed by atoms with Gasteiger partial charge in [-0.05, 0) is 45.0 Å². The van der Waals surface area contributed by atoms with E-state index in [2.05, 4.69) is 5.32 Å². The van der Waals surface area contributed by atoms with Crippen LogP contribution in [0.25, 0.3) is 0 Å². The van der Waals surface area contributed by atoms with Crippen LogP contribution in [0.3, 0.4) is 0 Å². The number of aryl methyl sites for hydroxylation is 1. The molecule has 0 fully saturated rings. The number of carbonyl (C=O) groups is 2. The van der Waals surface area contributed by atoms with Crippen molar-refractivity contribution < 1.29 is 9.59 Å². The molecule has 0 aliphatic rings. The Balaban J connectivity index is 2.61. The first-order chi connectivity index (χ1) is 11.3. The lowest BCUT2D eigenvalue weighted by Crippen LogP contribution is -2.46. The molecule has 1 N–H and O–H groups in total. The van der Waals surface area contributed by atoms with Gasteiger partial charge in [0, 0.05) is 19.3 Å². The molecule has 0 aliphatic carbocycles. The Bertz CT molecular complexity index is 636. The zero-order valence-electron chi connectivity index (χ0n) is 15.1. The molecule has 0 radical (unpaired) electrons. The number of nitrogens with one attached hydrogen (secondary N) is 1. The number of hydrogen-bond acceptors (Lipinski definition) is 4. The van der Waals surface area contributed by atoms with Crippen LogP contribution in [0.2, 0.25) is 0 Å². The summed E-state index contributed by atoms with van der Waals surface area (Å²) in [5.74, 6) is -0.266. The summed E-state index contributed by atoms with van der Waals surface area (Å²) in [4.78, 5) is 27.7. The first-order valence-corrected chi connectivity index (χ1v) is 7.96. The highest BCUT2D eigenvalue weighted by molar-refractivity contribution is 5.93. The molecule has 0 aliphatic heterocycles. The Hall–Kier alpha value is -2.39. The Morgan fingerprint density at radius 1 is 1.29 bits per heavy atom. The van der Waals surface area contributed by atoms with Gasteiger partial charge in [-0.2, -0.15) is 5.26 Å². The molecule has 2 amide bonds. The predicted molar refractivity (Wildman–Crippen MR) is 94.5 cm³/mol. The number of rotatable bonds is 7. The number of nitriles is 1. The van der Waals surface area contributed by atoms with Crippen molar-refractivity contribution in [2.45, 2.75) is 33.2 Å². The van der Waals surface area contributed by atoms with E-state index in [0.717, 1.165) is 16.8 Å². The van der Waals surface area contributed by atoms with Crippen LogP contribution in [0.1, 0.15) is 24.5 Å². The average Bonchev–Trinajstić information content (AvgIpc) is 2.55. The summed E-state index contributed by atoms with van der Waals surface area (Å²) in [6.45, 7) is 6.23. The quantitative estimate of drug-likeness (QED) is 0.829. The van der Waals surface area contributed by atoms with E-state index in [4.69, 9.17) is 5.26 Å². The van der Waals surface area contributed by atoms with Gasteiger partial charge in [-0.25, -0.2) is 0 Å². The van der Waals surface area contributed by atoms with Gasteiger partial charge < -0.3 is 10.2 Å². The van der Waals surface area contributed by atoms with Crippen LogP contribution in [0.15, 0.2) is 18.2 Å².